The molecule has 0 spiro atoms. The molecule has 2 fully saturated rings. The summed E-state index contributed by atoms with van der Waals surface area (Å²) in [7, 11) is 0. The Hall–Kier alpha value is -3.30. The molecule has 2 aromatic carbocycles. The number of fused-ring (bicyclic) bond motifs is 1. The number of hydrogen-bond donors (Lipinski definition) is 1. The van der Waals surface area contributed by atoms with E-state index in [1.807, 2.05) is 12.1 Å². The Balaban J connectivity index is 1.31. The number of amides is 1. The van der Waals surface area contributed by atoms with E-state index in [0.29, 0.717) is 17.2 Å². The lowest BCUT2D eigenvalue weighted by Gasteiger charge is -2.51. The number of aromatic nitrogens is 1. The number of nitrogens with one attached hydrogen (secondary N) is 1. The van der Waals surface area contributed by atoms with Gasteiger partial charge in [-0.2, -0.15) is 5.26 Å². The number of rotatable bonds is 4. The van der Waals surface area contributed by atoms with Crippen molar-refractivity contribution < 1.29 is 9.18 Å². The van der Waals surface area contributed by atoms with E-state index in [4.69, 9.17) is 5.26 Å². The van der Waals surface area contributed by atoms with Gasteiger partial charge in [0, 0.05) is 17.3 Å². The normalized spacial score (nSPS) is 18.6. The second kappa shape index (κ2) is 8.33. The number of piperidine rings is 1. The second-order valence-corrected chi connectivity index (χ2v) is 8.85. The Labute approximate surface area is 186 Å². The summed E-state index contributed by atoms with van der Waals surface area (Å²) in [6.45, 7) is 1.66. The van der Waals surface area contributed by atoms with Crippen LogP contribution >= 0.6 is 0 Å². The Kier molecular flexibility index (Phi) is 5.36. The van der Waals surface area contributed by atoms with E-state index in [1.165, 1.54) is 6.07 Å². The highest BCUT2D eigenvalue weighted by molar-refractivity contribution is 5.99. The molecule has 0 atom stereocenters. The number of carbonyl (C=O) groups excluding carboxylic acids is 1. The smallest absolute Gasteiger partial charge is 0.244 e. The van der Waals surface area contributed by atoms with Crippen molar-refractivity contribution >= 4 is 22.5 Å². The third kappa shape index (κ3) is 3.63. The topological polar surface area (TPSA) is 69.0 Å². The van der Waals surface area contributed by atoms with Gasteiger partial charge >= 0.3 is 0 Å². The van der Waals surface area contributed by atoms with Gasteiger partial charge in [-0.1, -0.05) is 6.07 Å². The summed E-state index contributed by atoms with van der Waals surface area (Å²) < 4.78 is 13.9. The minimum Gasteiger partial charge on any atom is -0.324 e. The van der Waals surface area contributed by atoms with Gasteiger partial charge in [-0.15, -0.1) is 0 Å². The standard InChI is InChI=1S/C26H25FN4O/c27-20-5-6-24-23(16-20)22(7-12-29-24)19-8-13-31(14-9-19)26(10-2-11-26)25(32)30-21-4-1-3-18(15-21)17-28/h1,3-7,12,15-16,19H,2,8-11,13-14H2,(H,30,32). The van der Waals surface area contributed by atoms with Crippen LogP contribution in [0.4, 0.5) is 10.1 Å². The maximum absolute atomic E-state index is 13.9. The summed E-state index contributed by atoms with van der Waals surface area (Å²) in [6, 6.07) is 16.0. The quantitative estimate of drug-likeness (QED) is 0.636. The van der Waals surface area contributed by atoms with E-state index >= 15 is 0 Å². The molecular weight excluding hydrogens is 403 g/mol. The number of likely N-dealkylation sites (tertiary alicyclic amines) is 1. The number of pyridine rings is 1. The average Bonchev–Trinajstić information content (AvgIpc) is 2.78. The van der Waals surface area contributed by atoms with Crippen molar-refractivity contribution in [1.82, 2.24) is 9.88 Å². The first-order valence-corrected chi connectivity index (χ1v) is 11.2. The van der Waals surface area contributed by atoms with E-state index in [1.54, 1.807) is 36.5 Å². The fourth-order valence-electron chi connectivity index (χ4n) is 5.23. The molecule has 1 aromatic heterocycles. The Bertz CT molecular complexity index is 1210. The largest absolute Gasteiger partial charge is 0.324 e. The average molecular weight is 429 g/mol. The van der Waals surface area contributed by atoms with Crippen LogP contribution in [0, 0.1) is 17.1 Å². The molecule has 1 saturated heterocycles. The van der Waals surface area contributed by atoms with Crippen LogP contribution in [0.3, 0.4) is 0 Å². The maximum atomic E-state index is 13.9. The molecule has 0 radical (unpaired) electrons. The zero-order valence-corrected chi connectivity index (χ0v) is 17.9. The third-order valence-corrected chi connectivity index (χ3v) is 7.13. The van der Waals surface area contributed by atoms with Crippen molar-refractivity contribution in [2.24, 2.45) is 0 Å². The van der Waals surface area contributed by atoms with Crippen LogP contribution in [0.5, 0.6) is 0 Å². The highest BCUT2D eigenvalue weighted by Gasteiger charge is 2.49. The van der Waals surface area contributed by atoms with Crippen LogP contribution in [-0.2, 0) is 4.79 Å². The molecular formula is C26H25FN4O. The number of anilines is 1. The lowest BCUT2D eigenvalue weighted by molar-refractivity contribution is -0.135. The summed E-state index contributed by atoms with van der Waals surface area (Å²) in [5.74, 6) is 0.106. The lowest BCUT2D eigenvalue weighted by Crippen LogP contribution is -2.62. The molecule has 2 aliphatic rings. The van der Waals surface area contributed by atoms with Crippen LogP contribution in [0.15, 0.2) is 54.7 Å². The van der Waals surface area contributed by atoms with E-state index < -0.39 is 5.54 Å². The monoisotopic (exact) mass is 428 g/mol. The molecule has 162 valence electrons. The molecule has 1 aliphatic carbocycles. The van der Waals surface area contributed by atoms with E-state index in [2.05, 4.69) is 21.3 Å². The van der Waals surface area contributed by atoms with E-state index in [9.17, 15) is 9.18 Å². The number of halogens is 1. The highest BCUT2D eigenvalue weighted by atomic mass is 19.1. The first-order chi connectivity index (χ1) is 15.6. The molecule has 5 rings (SSSR count). The molecule has 0 unspecified atom stereocenters. The van der Waals surface area contributed by atoms with E-state index in [0.717, 1.165) is 61.7 Å². The molecule has 3 aromatic rings. The number of benzene rings is 2. The molecule has 2 heterocycles. The van der Waals surface area contributed by atoms with Crippen LogP contribution < -0.4 is 5.32 Å². The zero-order valence-electron chi connectivity index (χ0n) is 17.9. The van der Waals surface area contributed by atoms with Crippen molar-refractivity contribution in [2.75, 3.05) is 18.4 Å². The predicted molar refractivity (Wildman–Crippen MR) is 122 cm³/mol. The first kappa shape index (κ1) is 20.6. The van der Waals surface area contributed by atoms with E-state index in [-0.39, 0.29) is 11.7 Å². The van der Waals surface area contributed by atoms with Gasteiger partial charge in [0.1, 0.15) is 11.4 Å². The van der Waals surface area contributed by atoms with Gasteiger partial charge in [0.05, 0.1) is 17.1 Å². The van der Waals surface area contributed by atoms with Crippen molar-refractivity contribution in [1.29, 1.82) is 5.26 Å². The molecule has 1 saturated carbocycles. The fraction of sp³-hybridized carbons (Fsp3) is 0.346. The predicted octanol–water partition coefficient (Wildman–Crippen LogP) is 4.99. The third-order valence-electron chi connectivity index (χ3n) is 7.13. The van der Waals surface area contributed by atoms with Crippen LogP contribution in [0.1, 0.15) is 49.1 Å². The Morgan fingerprint density at radius 3 is 2.69 bits per heavy atom. The maximum Gasteiger partial charge on any atom is 0.244 e. The zero-order chi connectivity index (χ0) is 22.1. The van der Waals surface area contributed by atoms with Gasteiger partial charge in [0.15, 0.2) is 0 Å². The molecule has 32 heavy (non-hydrogen) atoms. The lowest BCUT2D eigenvalue weighted by atomic mass is 9.72. The van der Waals surface area contributed by atoms with Crippen molar-refractivity contribution in [3.63, 3.8) is 0 Å². The number of carbonyl (C=O) groups is 1. The van der Waals surface area contributed by atoms with Crippen molar-refractivity contribution in [3.05, 3.63) is 71.7 Å². The van der Waals surface area contributed by atoms with Gasteiger partial charge < -0.3 is 5.32 Å². The number of hydrogen-bond acceptors (Lipinski definition) is 4. The molecule has 1 N–H and O–H groups in total. The molecule has 6 heteroatoms. The number of nitriles is 1. The molecule has 5 nitrogen and oxygen atoms in total. The van der Waals surface area contributed by atoms with Gasteiger partial charge in [0.25, 0.3) is 0 Å². The second-order valence-electron chi connectivity index (χ2n) is 8.85. The first-order valence-electron chi connectivity index (χ1n) is 11.2. The van der Waals surface area contributed by atoms with Gasteiger partial charge in [0.2, 0.25) is 5.91 Å². The van der Waals surface area contributed by atoms with Crippen molar-refractivity contribution in [2.45, 2.75) is 43.6 Å². The minimum atomic E-state index is -0.472. The van der Waals surface area contributed by atoms with Crippen LogP contribution in [-0.4, -0.2) is 34.4 Å². The Morgan fingerprint density at radius 1 is 1.16 bits per heavy atom. The summed E-state index contributed by atoms with van der Waals surface area (Å²) >= 11 is 0. The minimum absolute atomic E-state index is 0.0220. The van der Waals surface area contributed by atoms with Crippen LogP contribution in [0.25, 0.3) is 10.9 Å². The number of nitrogens with zero attached hydrogens (tertiary/aromatic N) is 3. The van der Waals surface area contributed by atoms with Crippen LogP contribution in [0.2, 0.25) is 0 Å². The molecule has 1 aliphatic heterocycles. The van der Waals surface area contributed by atoms with Gasteiger partial charge in [-0.3, -0.25) is 14.7 Å². The summed E-state index contributed by atoms with van der Waals surface area (Å²) in [4.78, 5) is 20.0. The fourth-order valence-corrected chi connectivity index (χ4v) is 5.23. The van der Waals surface area contributed by atoms with Gasteiger partial charge in [-0.25, -0.2) is 4.39 Å². The molecule has 1 amide bonds. The summed E-state index contributed by atoms with van der Waals surface area (Å²) in [5, 5.41) is 13.1. The van der Waals surface area contributed by atoms with Crippen molar-refractivity contribution in [3.8, 4) is 6.07 Å². The SMILES string of the molecule is N#Cc1cccc(NC(=O)C2(N3CCC(c4ccnc5ccc(F)cc45)CC3)CCC2)c1. The molecule has 0 bridgehead atoms. The Morgan fingerprint density at radius 2 is 1.97 bits per heavy atom. The summed E-state index contributed by atoms with van der Waals surface area (Å²) in [5.41, 5.74) is 2.70. The summed E-state index contributed by atoms with van der Waals surface area (Å²) in [6.07, 6.45) is 6.40. The van der Waals surface area contributed by atoms with Gasteiger partial charge in [-0.05, 0) is 99.1 Å². The highest BCUT2D eigenvalue weighted by Crippen LogP contribution is 2.43.